The molecule has 1 aromatic rings. The highest BCUT2D eigenvalue weighted by Crippen LogP contribution is 2.52. The number of methoxy groups -OCH3 is 4. The van der Waals surface area contributed by atoms with Crippen LogP contribution in [0.2, 0.25) is 0 Å². The van der Waals surface area contributed by atoms with E-state index in [0.29, 0.717) is 36.0 Å². The number of ether oxygens (including phenoxy) is 6. The number of carbonyl (C=O) groups excluding carboxylic acids is 2. The summed E-state index contributed by atoms with van der Waals surface area (Å²) in [5, 5.41) is 0. The molecule has 1 rings (SSSR count). The first kappa shape index (κ1) is 28.4. The highest BCUT2D eigenvalue weighted by Gasteiger charge is 2.31. The zero-order valence-electron chi connectivity index (χ0n) is 21.2. The van der Waals surface area contributed by atoms with Gasteiger partial charge in [0.05, 0.1) is 35.0 Å². The molecule has 0 aliphatic heterocycles. The summed E-state index contributed by atoms with van der Waals surface area (Å²) in [6.07, 6.45) is 7.33. The Bertz CT molecular complexity index is 760. The van der Waals surface area contributed by atoms with Crippen molar-refractivity contribution in [2.45, 2.75) is 78.2 Å². The number of esters is 2. The van der Waals surface area contributed by atoms with Crippen molar-refractivity contribution in [1.82, 2.24) is 0 Å². The normalized spacial score (nSPS) is 11.5. The molecule has 0 amide bonds. The van der Waals surface area contributed by atoms with E-state index in [1.165, 1.54) is 21.0 Å². The summed E-state index contributed by atoms with van der Waals surface area (Å²) < 4.78 is 33.0. The molecule has 1 unspecified atom stereocenters. The van der Waals surface area contributed by atoms with E-state index in [9.17, 15) is 9.59 Å². The highest BCUT2D eigenvalue weighted by atomic mass is 16.6. The van der Waals surface area contributed by atoms with Crippen molar-refractivity contribution in [2.24, 2.45) is 0 Å². The number of hydrogen-bond acceptors (Lipinski definition) is 8. The van der Waals surface area contributed by atoms with Crippen molar-refractivity contribution < 1.29 is 38.0 Å². The van der Waals surface area contributed by atoms with Crippen LogP contribution in [0.4, 0.5) is 0 Å². The van der Waals surface area contributed by atoms with E-state index in [2.05, 4.69) is 0 Å². The molecule has 188 valence electrons. The summed E-state index contributed by atoms with van der Waals surface area (Å²) in [5.74, 6) is 1.26. The van der Waals surface area contributed by atoms with Crippen molar-refractivity contribution in [3.63, 3.8) is 0 Å². The van der Waals surface area contributed by atoms with E-state index in [4.69, 9.17) is 28.4 Å². The Morgan fingerprint density at radius 1 is 0.667 bits per heavy atom. The van der Waals surface area contributed by atoms with Gasteiger partial charge in [0.25, 0.3) is 0 Å². The van der Waals surface area contributed by atoms with E-state index in [1.54, 1.807) is 21.3 Å². The molecule has 0 spiro atoms. The second-order valence-corrected chi connectivity index (χ2v) is 7.87. The molecule has 0 N–H and O–H groups in total. The molecule has 0 saturated heterocycles. The van der Waals surface area contributed by atoms with E-state index < -0.39 is 6.10 Å². The molecule has 33 heavy (non-hydrogen) atoms. The van der Waals surface area contributed by atoms with Crippen LogP contribution in [0.25, 0.3) is 0 Å². The van der Waals surface area contributed by atoms with Crippen LogP contribution in [0.5, 0.6) is 23.0 Å². The summed E-state index contributed by atoms with van der Waals surface area (Å²) in [5.41, 5.74) is 1.51. The van der Waals surface area contributed by atoms with Gasteiger partial charge in [-0.2, -0.15) is 0 Å². The third-order valence-electron chi connectivity index (χ3n) is 5.47. The summed E-state index contributed by atoms with van der Waals surface area (Å²) in [7, 11) is 6.19. The van der Waals surface area contributed by atoms with Crippen LogP contribution in [0.3, 0.4) is 0 Å². The van der Waals surface area contributed by atoms with Gasteiger partial charge in [-0.15, -0.1) is 0 Å². The number of carbonyl (C=O) groups is 2. The Balaban J connectivity index is 2.85. The van der Waals surface area contributed by atoms with Crippen LogP contribution in [0, 0.1) is 6.92 Å². The van der Waals surface area contributed by atoms with Gasteiger partial charge in [-0.05, 0) is 26.2 Å². The topological polar surface area (TPSA) is 89.5 Å². The van der Waals surface area contributed by atoms with Crippen LogP contribution in [0.1, 0.15) is 82.4 Å². The molecule has 0 saturated carbocycles. The summed E-state index contributed by atoms with van der Waals surface area (Å²) in [4.78, 5) is 22.7. The minimum atomic E-state index is -0.491. The first-order valence-corrected chi connectivity index (χ1v) is 11.5. The van der Waals surface area contributed by atoms with E-state index >= 15 is 0 Å². The fourth-order valence-corrected chi connectivity index (χ4v) is 3.99. The molecular weight excluding hydrogens is 428 g/mol. The number of unbranched alkanes of at least 4 members (excludes halogenated alkanes) is 6. The Morgan fingerprint density at radius 2 is 1.15 bits per heavy atom. The monoisotopic (exact) mass is 468 g/mol. The lowest BCUT2D eigenvalue weighted by Crippen LogP contribution is -2.13. The summed E-state index contributed by atoms with van der Waals surface area (Å²) >= 11 is 0. The van der Waals surface area contributed by atoms with E-state index in [-0.39, 0.29) is 11.9 Å². The first-order chi connectivity index (χ1) is 15.8. The molecule has 0 aliphatic carbocycles. The Kier molecular flexibility index (Phi) is 13.1. The molecule has 8 nitrogen and oxygen atoms in total. The maximum Gasteiger partial charge on any atom is 0.303 e. The fraction of sp³-hybridized carbons (Fsp3) is 0.680. The average molecular weight is 469 g/mol. The van der Waals surface area contributed by atoms with E-state index in [1.807, 2.05) is 6.92 Å². The van der Waals surface area contributed by atoms with Gasteiger partial charge in [-0.25, -0.2) is 0 Å². The van der Waals surface area contributed by atoms with Gasteiger partial charge in [0.1, 0.15) is 6.10 Å². The molecule has 0 aliphatic rings. The average Bonchev–Trinajstić information content (AvgIpc) is 2.77. The first-order valence-electron chi connectivity index (χ1n) is 11.5. The lowest BCUT2D eigenvalue weighted by molar-refractivity contribution is -0.147. The van der Waals surface area contributed by atoms with Crippen molar-refractivity contribution in [3.8, 4) is 23.0 Å². The van der Waals surface area contributed by atoms with Crippen LogP contribution in [0.15, 0.2) is 0 Å². The third kappa shape index (κ3) is 8.67. The van der Waals surface area contributed by atoms with Gasteiger partial charge < -0.3 is 28.4 Å². The van der Waals surface area contributed by atoms with Gasteiger partial charge >= 0.3 is 11.9 Å². The predicted molar refractivity (Wildman–Crippen MR) is 125 cm³/mol. The predicted octanol–water partition coefficient (Wildman–Crippen LogP) is 5.32. The zero-order chi connectivity index (χ0) is 24.8. The lowest BCUT2D eigenvalue weighted by atomic mass is 9.95. The standard InChI is InChI=1S/C25H40O8/c1-17-21(23(29-5)25(31-7)24(30-6)22(17)28-4)20(33-19(3)27)15-13-11-9-8-10-12-14-16-32-18(2)26/h20H,8-16H2,1-7H3. The molecule has 0 heterocycles. The highest BCUT2D eigenvalue weighted by molar-refractivity contribution is 5.70. The number of benzene rings is 1. The smallest absolute Gasteiger partial charge is 0.303 e. The lowest BCUT2D eigenvalue weighted by Gasteiger charge is -2.26. The van der Waals surface area contributed by atoms with E-state index in [0.717, 1.165) is 56.1 Å². The van der Waals surface area contributed by atoms with Crippen LogP contribution in [-0.2, 0) is 19.1 Å². The SMILES string of the molecule is COc1c(C)c(C(CCCCCCCCCOC(C)=O)OC(C)=O)c(OC)c(OC)c1OC. The largest absolute Gasteiger partial charge is 0.492 e. The van der Waals surface area contributed by atoms with Gasteiger partial charge in [0.2, 0.25) is 11.5 Å². The van der Waals surface area contributed by atoms with Gasteiger partial charge in [-0.3, -0.25) is 9.59 Å². The molecule has 0 aromatic heterocycles. The number of hydrogen-bond donors (Lipinski definition) is 0. The Hall–Kier alpha value is -2.64. The number of rotatable bonds is 16. The summed E-state index contributed by atoms with van der Waals surface area (Å²) in [6.45, 7) is 5.22. The van der Waals surface area contributed by atoms with Gasteiger partial charge in [0, 0.05) is 25.0 Å². The molecule has 1 atom stereocenters. The molecular formula is C25H40O8. The van der Waals surface area contributed by atoms with Crippen molar-refractivity contribution in [2.75, 3.05) is 35.0 Å². The minimum Gasteiger partial charge on any atom is -0.492 e. The van der Waals surface area contributed by atoms with Crippen LogP contribution in [-0.4, -0.2) is 47.0 Å². The zero-order valence-corrected chi connectivity index (χ0v) is 21.2. The van der Waals surface area contributed by atoms with Crippen LogP contribution >= 0.6 is 0 Å². The van der Waals surface area contributed by atoms with Gasteiger partial charge in [0.15, 0.2) is 11.5 Å². The summed E-state index contributed by atoms with van der Waals surface area (Å²) in [6, 6.07) is 0. The van der Waals surface area contributed by atoms with Crippen molar-refractivity contribution >= 4 is 11.9 Å². The van der Waals surface area contributed by atoms with Crippen molar-refractivity contribution in [1.29, 1.82) is 0 Å². The fourth-order valence-electron chi connectivity index (χ4n) is 3.99. The third-order valence-corrected chi connectivity index (χ3v) is 5.47. The second kappa shape index (κ2) is 15.2. The van der Waals surface area contributed by atoms with Crippen molar-refractivity contribution in [3.05, 3.63) is 11.1 Å². The quantitative estimate of drug-likeness (QED) is 0.238. The molecule has 0 bridgehead atoms. The maximum absolute atomic E-state index is 11.9. The maximum atomic E-state index is 11.9. The van der Waals surface area contributed by atoms with Crippen LogP contribution < -0.4 is 18.9 Å². The van der Waals surface area contributed by atoms with Gasteiger partial charge in [-0.1, -0.05) is 32.1 Å². The molecule has 0 fully saturated rings. The second-order valence-electron chi connectivity index (χ2n) is 7.87. The minimum absolute atomic E-state index is 0.226. The Morgan fingerprint density at radius 3 is 1.64 bits per heavy atom. The molecule has 1 aromatic carbocycles. The molecule has 8 heteroatoms. The Labute approximate surface area is 197 Å². The molecule has 0 radical (unpaired) electrons.